The van der Waals surface area contributed by atoms with Gasteiger partial charge in [0.15, 0.2) is 0 Å². The van der Waals surface area contributed by atoms with Crippen molar-refractivity contribution < 1.29 is 19.1 Å². The topological polar surface area (TPSA) is 60.4 Å². The van der Waals surface area contributed by atoms with Crippen LogP contribution < -0.4 is 0 Å². The first kappa shape index (κ1) is 13.9. The maximum absolute atomic E-state index is 11.8. The molecule has 0 heterocycles. The van der Waals surface area contributed by atoms with E-state index in [1.54, 1.807) is 6.92 Å². The van der Waals surface area contributed by atoms with Crippen LogP contribution in [-0.2, 0) is 19.1 Å². The average molecular weight is 240 g/mol. The lowest BCUT2D eigenvalue weighted by Crippen LogP contribution is -2.33. The molecule has 0 radical (unpaired) electrons. The molecular weight excluding hydrogens is 220 g/mol. The highest BCUT2D eigenvalue weighted by atomic mass is 16.5. The summed E-state index contributed by atoms with van der Waals surface area (Å²) in [4.78, 5) is 35.1. The zero-order valence-corrected chi connectivity index (χ0v) is 10.5. The number of carbonyl (C=O) groups excluding carboxylic acids is 3. The lowest BCUT2D eigenvalue weighted by molar-refractivity contribution is -0.152. The molecule has 1 rings (SSSR count). The van der Waals surface area contributed by atoms with E-state index in [0.717, 1.165) is 19.3 Å². The number of ketones is 2. The molecular formula is C13H20O4. The minimum Gasteiger partial charge on any atom is -0.468 e. The first-order valence-electron chi connectivity index (χ1n) is 6.22. The summed E-state index contributed by atoms with van der Waals surface area (Å²) in [6, 6.07) is 0. The van der Waals surface area contributed by atoms with Crippen molar-refractivity contribution >= 4 is 17.5 Å². The minimum atomic E-state index is -0.743. The molecule has 17 heavy (non-hydrogen) atoms. The van der Waals surface area contributed by atoms with Crippen molar-refractivity contribution in [3.8, 4) is 0 Å². The van der Waals surface area contributed by atoms with Gasteiger partial charge in [-0.1, -0.05) is 13.3 Å². The molecule has 4 heteroatoms. The lowest BCUT2D eigenvalue weighted by atomic mass is 9.82. The van der Waals surface area contributed by atoms with Crippen LogP contribution in [0, 0.1) is 11.8 Å². The van der Waals surface area contributed by atoms with E-state index in [1.165, 1.54) is 7.11 Å². The summed E-state index contributed by atoms with van der Waals surface area (Å²) in [5.74, 6) is -1.35. The Bertz CT molecular complexity index is 293. The number of Topliss-reactive ketones (excluding diaryl/α,β-unsaturated/α-hetero) is 2. The molecule has 0 aromatic carbocycles. The Balaban J connectivity index is 2.83. The van der Waals surface area contributed by atoms with E-state index in [-0.39, 0.29) is 17.5 Å². The van der Waals surface area contributed by atoms with Gasteiger partial charge in [-0.25, -0.2) is 0 Å². The number of rotatable bonds is 4. The smallest absolute Gasteiger partial charge is 0.316 e. The molecule has 96 valence electrons. The van der Waals surface area contributed by atoms with Gasteiger partial charge in [0.1, 0.15) is 17.5 Å². The van der Waals surface area contributed by atoms with Crippen LogP contribution in [-0.4, -0.2) is 24.6 Å². The zero-order chi connectivity index (χ0) is 12.8. The van der Waals surface area contributed by atoms with Crippen molar-refractivity contribution in [2.45, 2.75) is 45.4 Å². The third kappa shape index (κ3) is 3.65. The van der Waals surface area contributed by atoms with Crippen LogP contribution in [0.1, 0.15) is 45.4 Å². The molecule has 0 spiro atoms. The number of esters is 1. The molecule has 0 aromatic rings. The van der Waals surface area contributed by atoms with Crippen molar-refractivity contribution in [3.05, 3.63) is 0 Å². The first-order valence-corrected chi connectivity index (χ1v) is 6.22. The molecule has 1 unspecified atom stereocenters. The van der Waals surface area contributed by atoms with E-state index < -0.39 is 11.9 Å². The molecule has 2 atom stereocenters. The van der Waals surface area contributed by atoms with Gasteiger partial charge in [0.25, 0.3) is 0 Å². The van der Waals surface area contributed by atoms with Gasteiger partial charge < -0.3 is 4.74 Å². The van der Waals surface area contributed by atoms with Gasteiger partial charge in [-0.15, -0.1) is 0 Å². The Labute approximate surface area is 102 Å². The average Bonchev–Trinajstić information content (AvgIpc) is 2.53. The van der Waals surface area contributed by atoms with Crippen LogP contribution in [0.15, 0.2) is 0 Å². The third-order valence-corrected chi connectivity index (χ3v) is 3.39. The predicted molar refractivity (Wildman–Crippen MR) is 62.4 cm³/mol. The Morgan fingerprint density at radius 1 is 1.41 bits per heavy atom. The molecule has 1 aliphatic rings. The van der Waals surface area contributed by atoms with E-state index in [2.05, 4.69) is 0 Å². The quantitative estimate of drug-likeness (QED) is 0.428. The van der Waals surface area contributed by atoms with E-state index in [0.29, 0.717) is 19.3 Å². The highest BCUT2D eigenvalue weighted by molar-refractivity contribution is 5.99. The van der Waals surface area contributed by atoms with Crippen LogP contribution in [0.4, 0.5) is 0 Å². The molecule has 0 saturated heterocycles. The highest BCUT2D eigenvalue weighted by Gasteiger charge is 2.36. The van der Waals surface area contributed by atoms with Crippen LogP contribution in [0.5, 0.6) is 0 Å². The number of carbonyl (C=O) groups is 3. The Morgan fingerprint density at radius 2 is 2.12 bits per heavy atom. The Kier molecular flexibility index (Phi) is 5.32. The second-order valence-electron chi connectivity index (χ2n) is 4.57. The monoisotopic (exact) mass is 240 g/mol. The van der Waals surface area contributed by atoms with Gasteiger partial charge in [0, 0.05) is 19.3 Å². The lowest BCUT2D eigenvalue weighted by Gasteiger charge is -2.21. The zero-order valence-electron chi connectivity index (χ0n) is 10.5. The van der Waals surface area contributed by atoms with E-state index in [1.807, 2.05) is 0 Å². The van der Waals surface area contributed by atoms with Gasteiger partial charge in [-0.05, 0) is 18.8 Å². The maximum atomic E-state index is 11.8. The Morgan fingerprint density at radius 3 is 2.71 bits per heavy atom. The molecule has 0 amide bonds. The van der Waals surface area contributed by atoms with Crippen LogP contribution in [0.2, 0.25) is 0 Å². The second-order valence-corrected chi connectivity index (χ2v) is 4.57. The summed E-state index contributed by atoms with van der Waals surface area (Å²) in [6.07, 6.45) is 3.75. The standard InChI is InChI=1S/C13H20O4/c1-3-11(15)12(13(16)17-2)9-6-4-5-7-10(14)8-9/h9,12H,3-8H2,1-2H3/t9-,12?/m0/s1. The normalized spacial score (nSPS) is 22.7. The summed E-state index contributed by atoms with van der Waals surface area (Å²) in [6.45, 7) is 1.73. The van der Waals surface area contributed by atoms with E-state index >= 15 is 0 Å². The largest absolute Gasteiger partial charge is 0.468 e. The summed E-state index contributed by atoms with van der Waals surface area (Å²) < 4.78 is 4.69. The highest BCUT2D eigenvalue weighted by Crippen LogP contribution is 2.29. The predicted octanol–water partition coefficient (Wildman–Crippen LogP) is 1.90. The number of hydrogen-bond donors (Lipinski definition) is 0. The van der Waals surface area contributed by atoms with Crippen LogP contribution in [0.3, 0.4) is 0 Å². The fraction of sp³-hybridized carbons (Fsp3) is 0.769. The fourth-order valence-corrected chi connectivity index (χ4v) is 2.44. The molecule has 1 aliphatic carbocycles. The number of methoxy groups -OCH3 is 1. The second kappa shape index (κ2) is 6.52. The molecule has 1 saturated carbocycles. The fourth-order valence-electron chi connectivity index (χ4n) is 2.44. The van der Waals surface area contributed by atoms with Gasteiger partial charge >= 0.3 is 5.97 Å². The SMILES string of the molecule is CCC(=O)C(C(=O)OC)[C@H]1CCCCC(=O)C1. The number of hydrogen-bond acceptors (Lipinski definition) is 4. The van der Waals surface area contributed by atoms with Gasteiger partial charge in [0.05, 0.1) is 7.11 Å². The number of ether oxygens (including phenoxy) is 1. The van der Waals surface area contributed by atoms with Gasteiger partial charge in [-0.3, -0.25) is 14.4 Å². The van der Waals surface area contributed by atoms with Crippen molar-refractivity contribution in [3.63, 3.8) is 0 Å². The first-order chi connectivity index (χ1) is 8.10. The Hall–Kier alpha value is -1.19. The molecule has 4 nitrogen and oxygen atoms in total. The summed E-state index contributed by atoms with van der Waals surface area (Å²) in [7, 11) is 1.29. The summed E-state index contributed by atoms with van der Waals surface area (Å²) >= 11 is 0. The van der Waals surface area contributed by atoms with E-state index in [4.69, 9.17) is 4.74 Å². The molecule has 0 aromatic heterocycles. The minimum absolute atomic E-state index is 0.114. The summed E-state index contributed by atoms with van der Waals surface area (Å²) in [5, 5.41) is 0. The van der Waals surface area contributed by atoms with Crippen LogP contribution in [0.25, 0.3) is 0 Å². The molecule has 0 aliphatic heterocycles. The van der Waals surface area contributed by atoms with Gasteiger partial charge in [-0.2, -0.15) is 0 Å². The van der Waals surface area contributed by atoms with E-state index in [9.17, 15) is 14.4 Å². The van der Waals surface area contributed by atoms with Crippen molar-refractivity contribution in [1.29, 1.82) is 0 Å². The molecule has 1 fully saturated rings. The van der Waals surface area contributed by atoms with Crippen LogP contribution >= 0.6 is 0 Å². The van der Waals surface area contributed by atoms with Crippen molar-refractivity contribution in [2.75, 3.05) is 7.11 Å². The molecule has 0 N–H and O–H groups in total. The molecule has 0 bridgehead atoms. The van der Waals surface area contributed by atoms with Crippen molar-refractivity contribution in [2.24, 2.45) is 11.8 Å². The summed E-state index contributed by atoms with van der Waals surface area (Å²) in [5.41, 5.74) is 0. The third-order valence-electron chi connectivity index (χ3n) is 3.39. The van der Waals surface area contributed by atoms with Crippen molar-refractivity contribution in [1.82, 2.24) is 0 Å². The maximum Gasteiger partial charge on any atom is 0.316 e. The van der Waals surface area contributed by atoms with Gasteiger partial charge in [0.2, 0.25) is 0 Å².